The van der Waals surface area contributed by atoms with Crippen LogP contribution in [0.1, 0.15) is 75.6 Å². The maximum atomic E-state index is 14.6. The number of benzene rings is 4. The molecule has 2 aliphatic rings. The third kappa shape index (κ3) is 14.8. The molecular weight excluding hydrogens is 1040 g/mol. The van der Waals surface area contributed by atoms with Gasteiger partial charge in [0.05, 0.1) is 36.7 Å². The number of carboxylic acids is 1. The Morgan fingerprint density at radius 2 is 1.27 bits per heavy atom. The summed E-state index contributed by atoms with van der Waals surface area (Å²) in [4.78, 5) is 129. The monoisotopic (exact) mass is 1110 g/mol. The quantitative estimate of drug-likeness (QED) is 0.0593. The number of carbonyl (C=O) groups is 9. The Morgan fingerprint density at radius 3 is 1.84 bits per heavy atom. The predicted molar refractivity (Wildman–Crippen MR) is 299 cm³/mol. The molecule has 1 fully saturated rings. The summed E-state index contributed by atoms with van der Waals surface area (Å²) in [5, 5.41) is 46.3. The minimum Gasteiger partial charge on any atom is -0.480 e. The molecule has 2 aliphatic heterocycles. The average Bonchev–Trinajstić information content (AvgIpc) is 4.17. The summed E-state index contributed by atoms with van der Waals surface area (Å²) < 4.78 is 0. The average molecular weight is 1120 g/mol. The van der Waals surface area contributed by atoms with E-state index in [4.69, 9.17) is 0 Å². The van der Waals surface area contributed by atoms with Crippen molar-refractivity contribution >= 4 is 75.9 Å². The van der Waals surface area contributed by atoms with Crippen LogP contribution in [0.25, 0.3) is 10.9 Å². The first kappa shape index (κ1) is 59.6. The number of fused-ring (bicyclic) bond motifs is 3. The highest BCUT2D eigenvalue weighted by Gasteiger charge is 2.40. The van der Waals surface area contributed by atoms with Crippen molar-refractivity contribution in [1.82, 2.24) is 52.8 Å². The number of aromatic amines is 1. The molecule has 0 bridgehead atoms. The Labute approximate surface area is 467 Å². The maximum absolute atomic E-state index is 14.6. The number of β-amino-alcohol motifs (C(OH)–C–C–N with tert-alkyl or cyclic N) is 1. The second kappa shape index (κ2) is 27.7. The molecule has 0 spiro atoms. The summed E-state index contributed by atoms with van der Waals surface area (Å²) >= 11 is 1.03. The standard InChI is InChI=1S/C58H70N10O11S/c1-5-33(3)49-54(76)61-30-47(71)62-45(53(75)64-44(57(78)79)28-46(70)68-58(35-18-10-7-11-19-35,36-20-12-8-13-21-36)37-22-14-9-15-23-37)32-80-56-40(39-24-16-17-25-41(39)65-56)27-43(51(73)60-31-48(72)66-49)63-55(77)50(34(4)6-2)67-52(74)42-26-38(69)29-59-42/h7-25,33-34,38,42-45,49-50,59,65,69H,5-6,26-32H2,1-4H3,(H,60,73)(H,61,76)(H,62,71)(H,63,77)(H,64,75)(H,66,72)(H,67,74)(H,68,70)(H,78,79)/t33-,34-,38+,42-,43-,44-,45-,49-,50-/m0/s1. The van der Waals surface area contributed by atoms with Gasteiger partial charge >= 0.3 is 5.97 Å². The number of rotatable bonds is 17. The normalized spacial score (nSPS) is 21.0. The number of H-pyrrole nitrogens is 1. The molecule has 1 aromatic heterocycles. The Hall–Kier alpha value is -8.08. The van der Waals surface area contributed by atoms with Gasteiger partial charge in [-0.3, -0.25) is 38.4 Å². The predicted octanol–water partition coefficient (Wildman–Crippen LogP) is 1.87. The van der Waals surface area contributed by atoms with Gasteiger partial charge < -0.3 is 63.0 Å². The van der Waals surface area contributed by atoms with Crippen molar-refractivity contribution in [1.29, 1.82) is 0 Å². The van der Waals surface area contributed by atoms with Gasteiger partial charge in [-0.2, -0.15) is 0 Å². The number of hydrogen-bond acceptors (Lipinski definition) is 12. The fraction of sp³-hybridized carbons (Fsp3) is 0.397. The molecule has 0 saturated carbocycles. The van der Waals surface area contributed by atoms with E-state index in [1.165, 1.54) is 0 Å². The molecule has 424 valence electrons. The van der Waals surface area contributed by atoms with Crippen LogP contribution in [0.15, 0.2) is 120 Å². The summed E-state index contributed by atoms with van der Waals surface area (Å²) in [6.45, 7) is 6.03. The van der Waals surface area contributed by atoms with Crippen LogP contribution in [-0.4, -0.2) is 136 Å². The van der Waals surface area contributed by atoms with Crippen LogP contribution in [0.3, 0.4) is 0 Å². The molecule has 3 heterocycles. The summed E-state index contributed by atoms with van der Waals surface area (Å²) in [6, 6.07) is 26.7. The molecule has 4 aromatic carbocycles. The fourth-order valence-electron chi connectivity index (χ4n) is 9.84. The summed E-state index contributed by atoms with van der Waals surface area (Å²) in [5.41, 5.74) is 1.78. The number of para-hydroxylation sites is 1. The third-order valence-corrected chi connectivity index (χ3v) is 15.8. The third-order valence-electron chi connectivity index (χ3n) is 14.7. The van der Waals surface area contributed by atoms with E-state index in [1.807, 2.05) is 97.9 Å². The largest absolute Gasteiger partial charge is 0.480 e. The van der Waals surface area contributed by atoms with Gasteiger partial charge in [0.25, 0.3) is 0 Å². The first-order valence-electron chi connectivity index (χ1n) is 26.8. The zero-order valence-electron chi connectivity index (χ0n) is 45.0. The van der Waals surface area contributed by atoms with Crippen LogP contribution in [0, 0.1) is 11.8 Å². The summed E-state index contributed by atoms with van der Waals surface area (Å²) in [6.07, 6.45) is -0.702. The van der Waals surface area contributed by atoms with Gasteiger partial charge in [-0.15, -0.1) is 11.8 Å². The highest BCUT2D eigenvalue weighted by Crippen LogP contribution is 2.37. The number of carbonyl (C=O) groups excluding carboxylic acids is 8. The van der Waals surface area contributed by atoms with E-state index in [9.17, 15) is 53.4 Å². The van der Waals surface area contributed by atoms with Crippen molar-refractivity contribution in [3.63, 3.8) is 0 Å². The number of aromatic nitrogens is 1. The van der Waals surface area contributed by atoms with Gasteiger partial charge in [0.2, 0.25) is 47.3 Å². The molecule has 7 rings (SSSR count). The van der Waals surface area contributed by atoms with Gasteiger partial charge in [0.1, 0.15) is 35.7 Å². The van der Waals surface area contributed by atoms with Crippen molar-refractivity contribution in [2.45, 2.75) is 113 Å². The van der Waals surface area contributed by atoms with E-state index >= 15 is 0 Å². The molecule has 22 heteroatoms. The Morgan fingerprint density at radius 1 is 0.713 bits per heavy atom. The molecule has 12 N–H and O–H groups in total. The van der Waals surface area contributed by atoms with E-state index in [0.29, 0.717) is 51.0 Å². The zero-order chi connectivity index (χ0) is 57.5. The Bertz CT molecular complexity index is 2920. The van der Waals surface area contributed by atoms with Gasteiger partial charge in [0.15, 0.2) is 0 Å². The number of carboxylic acid groups (broad SMARTS) is 1. The molecule has 5 aromatic rings. The zero-order valence-corrected chi connectivity index (χ0v) is 45.8. The van der Waals surface area contributed by atoms with Gasteiger partial charge in [-0.05, 0) is 46.6 Å². The Balaban J connectivity index is 1.21. The molecule has 21 nitrogen and oxygen atoms in total. The smallest absolute Gasteiger partial charge is 0.326 e. The number of thioether (sulfide) groups is 1. The minimum atomic E-state index is -1.83. The van der Waals surface area contributed by atoms with Crippen molar-refractivity contribution in [2.24, 2.45) is 11.8 Å². The van der Waals surface area contributed by atoms with Crippen LogP contribution >= 0.6 is 11.8 Å². The lowest BCUT2D eigenvalue weighted by Crippen LogP contribution is -2.59. The van der Waals surface area contributed by atoms with Crippen molar-refractivity contribution in [2.75, 3.05) is 25.4 Å². The highest BCUT2D eigenvalue weighted by atomic mass is 32.2. The van der Waals surface area contributed by atoms with E-state index in [2.05, 4.69) is 52.8 Å². The first-order chi connectivity index (χ1) is 38.4. The number of aliphatic carboxylic acids is 1. The van der Waals surface area contributed by atoms with Crippen LogP contribution < -0.4 is 47.9 Å². The maximum Gasteiger partial charge on any atom is 0.326 e. The molecule has 0 unspecified atom stereocenters. The lowest BCUT2D eigenvalue weighted by atomic mass is 9.77. The van der Waals surface area contributed by atoms with Crippen LogP contribution in [0.5, 0.6) is 0 Å². The lowest BCUT2D eigenvalue weighted by molar-refractivity contribution is -0.144. The van der Waals surface area contributed by atoms with E-state index in [0.717, 1.165) is 11.8 Å². The molecule has 1 saturated heterocycles. The van der Waals surface area contributed by atoms with Crippen LogP contribution in [0.2, 0.25) is 0 Å². The van der Waals surface area contributed by atoms with E-state index in [-0.39, 0.29) is 25.1 Å². The van der Waals surface area contributed by atoms with Gasteiger partial charge in [0, 0.05) is 29.6 Å². The second-order valence-corrected chi connectivity index (χ2v) is 21.3. The highest BCUT2D eigenvalue weighted by molar-refractivity contribution is 7.99. The topological polar surface area (TPSA) is 318 Å². The number of amides is 8. The molecule has 0 aliphatic carbocycles. The number of hydrogen-bond donors (Lipinski definition) is 12. The minimum absolute atomic E-state index is 0.137. The molecule has 9 atom stereocenters. The van der Waals surface area contributed by atoms with E-state index in [1.54, 1.807) is 45.0 Å². The molecule has 80 heavy (non-hydrogen) atoms. The van der Waals surface area contributed by atoms with Crippen molar-refractivity contribution in [3.8, 4) is 0 Å². The van der Waals surface area contributed by atoms with Crippen molar-refractivity contribution in [3.05, 3.63) is 138 Å². The van der Waals surface area contributed by atoms with E-state index < -0.39 is 132 Å². The van der Waals surface area contributed by atoms with Gasteiger partial charge in [-0.1, -0.05) is 150 Å². The first-order valence-corrected chi connectivity index (χ1v) is 27.8. The van der Waals surface area contributed by atoms with Crippen LogP contribution in [-0.2, 0) is 55.1 Å². The fourth-order valence-corrected chi connectivity index (χ4v) is 11.0. The van der Waals surface area contributed by atoms with Crippen LogP contribution in [0.4, 0.5) is 0 Å². The second-order valence-electron chi connectivity index (χ2n) is 20.3. The lowest BCUT2D eigenvalue weighted by Gasteiger charge is -2.37. The summed E-state index contributed by atoms with van der Waals surface area (Å²) in [7, 11) is 0. The molecule has 8 amide bonds. The Kier molecular flexibility index (Phi) is 20.6. The molecule has 0 radical (unpaired) electrons. The SMILES string of the molecule is CC[C@H](C)[C@@H]1NC(=O)CNC(=O)[C@@H](NC(=O)[C@@H](NC(=O)[C@@H]2C[C@@H](O)CN2)[C@@H](C)CC)Cc2c([nH]c3ccccc23)SC[C@@H](C(=O)N[C@@H](CC(=O)NC(c2ccccc2)(c2ccccc2)c2ccccc2)C(=O)O)NC(=O)CNC1=O. The number of aliphatic hydroxyl groups is 1. The number of aliphatic hydroxyl groups excluding tert-OH is 1. The van der Waals surface area contributed by atoms with Gasteiger partial charge in [-0.25, -0.2) is 4.79 Å². The summed E-state index contributed by atoms with van der Waals surface area (Å²) in [5.74, 6) is -8.77. The van der Waals surface area contributed by atoms with Crippen molar-refractivity contribution < 1.29 is 53.4 Å². The number of nitrogens with one attached hydrogen (secondary N) is 10. The molecular formula is C58H70N10O11S.